The lowest BCUT2D eigenvalue weighted by Gasteiger charge is -2.36. The number of aromatic nitrogens is 4. The van der Waals surface area contributed by atoms with Gasteiger partial charge in [-0.15, -0.1) is 0 Å². The second-order valence-electron chi connectivity index (χ2n) is 12.9. The lowest BCUT2D eigenvalue weighted by Crippen LogP contribution is -2.56. The Hall–Kier alpha value is -6.28. The highest BCUT2D eigenvalue weighted by Gasteiger charge is 2.37. The fourth-order valence-corrected chi connectivity index (χ4v) is 7.80. The molecule has 0 fully saturated rings. The summed E-state index contributed by atoms with van der Waals surface area (Å²) >= 11 is 0. The summed E-state index contributed by atoms with van der Waals surface area (Å²) in [5.41, 5.74) is 9.71. The van der Waals surface area contributed by atoms with Crippen LogP contribution in [0.25, 0.3) is 61.0 Å². The van der Waals surface area contributed by atoms with E-state index >= 15 is 0 Å². The van der Waals surface area contributed by atoms with Crippen molar-refractivity contribution < 1.29 is 9.15 Å². The van der Waals surface area contributed by atoms with Crippen LogP contribution in [0.1, 0.15) is 11.1 Å². The lowest BCUT2D eigenvalue weighted by atomic mass is 9.60. The van der Waals surface area contributed by atoms with Gasteiger partial charge < -0.3 is 18.4 Å². The first kappa shape index (κ1) is 27.8. The SMILES string of the molecule is Cc1cccc(C)c1B1N(C)c2ccc(Oc3ccc4c5ccccc5n(-c5cc6oc7ccccc7c6cn5)c4c3)cc2-c2nccn21. The van der Waals surface area contributed by atoms with Gasteiger partial charge in [-0.2, -0.15) is 0 Å². The van der Waals surface area contributed by atoms with Gasteiger partial charge in [-0.05, 0) is 68.8 Å². The molecule has 0 aliphatic carbocycles. The summed E-state index contributed by atoms with van der Waals surface area (Å²) in [7, 11) is 2.16. The van der Waals surface area contributed by atoms with E-state index in [1.165, 1.54) is 16.6 Å². The molecule has 0 bridgehead atoms. The highest BCUT2D eigenvalue weighted by molar-refractivity contribution is 6.77. The highest BCUT2D eigenvalue weighted by Crippen LogP contribution is 2.40. The number of ether oxygens (including phenoxy) is 1. The Morgan fingerprint density at radius 1 is 0.673 bits per heavy atom. The minimum absolute atomic E-state index is 0.00897. The summed E-state index contributed by atoms with van der Waals surface area (Å²) < 4.78 is 17.3. The van der Waals surface area contributed by atoms with Gasteiger partial charge in [0.2, 0.25) is 0 Å². The molecule has 5 aromatic carbocycles. The van der Waals surface area contributed by atoms with Gasteiger partial charge >= 0.3 is 6.98 Å². The number of para-hydroxylation sites is 2. The fraction of sp³-hybridized carbons (Fsp3) is 0.0732. The molecule has 1 aliphatic heterocycles. The minimum Gasteiger partial charge on any atom is -0.457 e. The number of nitrogens with zero attached hydrogens (tertiary/aromatic N) is 5. The van der Waals surface area contributed by atoms with E-state index in [0.717, 1.165) is 78.1 Å². The van der Waals surface area contributed by atoms with Crippen molar-refractivity contribution in [1.29, 1.82) is 0 Å². The largest absolute Gasteiger partial charge is 0.457 e. The molecule has 0 radical (unpaired) electrons. The molecule has 234 valence electrons. The first-order chi connectivity index (χ1) is 24.0. The van der Waals surface area contributed by atoms with Crippen molar-refractivity contribution in [2.75, 3.05) is 11.9 Å². The second kappa shape index (κ2) is 10.4. The average molecular weight is 636 g/mol. The summed E-state index contributed by atoms with van der Waals surface area (Å²) in [5.74, 6) is 3.20. The van der Waals surface area contributed by atoms with Crippen molar-refractivity contribution in [2.45, 2.75) is 13.8 Å². The molecule has 7 nitrogen and oxygen atoms in total. The maximum absolute atomic E-state index is 6.62. The van der Waals surface area contributed by atoms with Crippen LogP contribution in [0.15, 0.2) is 132 Å². The van der Waals surface area contributed by atoms with Crippen LogP contribution in [0.2, 0.25) is 0 Å². The third-order valence-corrected chi connectivity index (χ3v) is 10.0. The third kappa shape index (κ3) is 4.10. The molecule has 49 heavy (non-hydrogen) atoms. The monoisotopic (exact) mass is 635 g/mol. The standard InChI is InChI=1S/C41H30BN5O2/c1-25-9-8-10-26(2)40(25)42-45(3)34-18-16-27(21-32(34)41-43-19-20-46(41)42)48-28-15-17-30-29-11-4-6-13-35(29)47(36(30)22-28)39-23-38-33(24-44-39)31-12-5-7-14-37(31)49-38/h4-24H,1-3H3. The van der Waals surface area contributed by atoms with Gasteiger partial charge in [0, 0.05) is 63.5 Å². The maximum Gasteiger partial charge on any atom is 0.417 e. The van der Waals surface area contributed by atoms with Crippen LogP contribution in [0.3, 0.4) is 0 Å². The van der Waals surface area contributed by atoms with Crippen LogP contribution in [-0.2, 0) is 0 Å². The average Bonchev–Trinajstić information content (AvgIpc) is 3.83. The van der Waals surface area contributed by atoms with E-state index in [1.807, 2.05) is 48.8 Å². The molecule has 0 saturated carbocycles. The van der Waals surface area contributed by atoms with Gasteiger partial charge in [-0.25, -0.2) is 9.97 Å². The number of hydrogen-bond donors (Lipinski definition) is 0. The van der Waals surface area contributed by atoms with E-state index in [-0.39, 0.29) is 6.98 Å². The Labute approximate surface area is 282 Å². The molecule has 0 amide bonds. The van der Waals surface area contributed by atoms with Crippen LogP contribution in [-0.4, -0.2) is 33.0 Å². The number of benzene rings is 5. The first-order valence-electron chi connectivity index (χ1n) is 16.5. The quantitative estimate of drug-likeness (QED) is 0.181. The summed E-state index contributed by atoms with van der Waals surface area (Å²) in [6.07, 6.45) is 5.87. The van der Waals surface area contributed by atoms with Crippen LogP contribution in [0.5, 0.6) is 11.5 Å². The molecule has 1 aliphatic rings. The number of hydrogen-bond acceptors (Lipinski definition) is 5. The molecule has 10 rings (SSSR count). The van der Waals surface area contributed by atoms with Crippen molar-refractivity contribution in [3.63, 3.8) is 0 Å². The number of rotatable bonds is 4. The summed E-state index contributed by atoms with van der Waals surface area (Å²) in [6, 6.07) is 37.6. The van der Waals surface area contributed by atoms with E-state index in [4.69, 9.17) is 19.1 Å². The van der Waals surface area contributed by atoms with E-state index < -0.39 is 0 Å². The van der Waals surface area contributed by atoms with E-state index in [2.05, 4.69) is 114 Å². The number of fused-ring (bicyclic) bond motifs is 9. The molecule has 5 heterocycles. The van der Waals surface area contributed by atoms with Crippen LogP contribution < -0.4 is 15.0 Å². The fourth-order valence-electron chi connectivity index (χ4n) is 7.80. The maximum atomic E-state index is 6.62. The van der Waals surface area contributed by atoms with Crippen molar-refractivity contribution in [1.82, 2.24) is 19.0 Å². The smallest absolute Gasteiger partial charge is 0.417 e. The Kier molecular flexibility index (Phi) is 5.88. The highest BCUT2D eigenvalue weighted by atomic mass is 16.5. The minimum atomic E-state index is 0.00897. The number of anilines is 1. The Balaban J connectivity index is 1.06. The normalized spacial score (nSPS) is 12.7. The molecule has 8 heteroatoms. The molecule has 0 saturated heterocycles. The Morgan fingerprint density at radius 2 is 1.43 bits per heavy atom. The zero-order valence-electron chi connectivity index (χ0n) is 27.3. The van der Waals surface area contributed by atoms with Crippen molar-refractivity contribution in [3.8, 4) is 28.7 Å². The van der Waals surface area contributed by atoms with Crippen molar-refractivity contribution in [2.24, 2.45) is 0 Å². The van der Waals surface area contributed by atoms with Crippen LogP contribution in [0.4, 0.5) is 5.69 Å². The third-order valence-electron chi connectivity index (χ3n) is 10.0. The number of aryl methyl sites for hydroxylation is 2. The molecule has 0 unspecified atom stereocenters. The molecular formula is C41H30BN5O2. The Morgan fingerprint density at radius 3 is 2.31 bits per heavy atom. The number of pyridine rings is 1. The van der Waals surface area contributed by atoms with Gasteiger partial charge in [0.25, 0.3) is 0 Å². The summed E-state index contributed by atoms with van der Waals surface area (Å²) in [5, 5.41) is 4.34. The van der Waals surface area contributed by atoms with Crippen molar-refractivity contribution >= 4 is 61.9 Å². The van der Waals surface area contributed by atoms with Gasteiger partial charge in [-0.1, -0.05) is 65.7 Å². The molecular weight excluding hydrogens is 605 g/mol. The zero-order chi connectivity index (χ0) is 32.8. The Bertz CT molecular complexity index is 2760. The van der Waals surface area contributed by atoms with Gasteiger partial charge in [0.1, 0.15) is 34.3 Å². The molecule has 0 atom stereocenters. The van der Waals surface area contributed by atoms with Crippen LogP contribution in [0, 0.1) is 13.8 Å². The molecule has 0 N–H and O–H groups in total. The van der Waals surface area contributed by atoms with E-state index in [9.17, 15) is 0 Å². The van der Waals surface area contributed by atoms with Gasteiger partial charge in [0.15, 0.2) is 0 Å². The number of furan rings is 1. The van der Waals surface area contributed by atoms with Gasteiger partial charge in [-0.3, -0.25) is 4.57 Å². The van der Waals surface area contributed by atoms with E-state index in [1.54, 1.807) is 0 Å². The first-order valence-corrected chi connectivity index (χ1v) is 16.5. The summed E-state index contributed by atoms with van der Waals surface area (Å²) in [6.45, 7) is 4.38. The second-order valence-corrected chi connectivity index (χ2v) is 12.9. The predicted octanol–water partition coefficient (Wildman–Crippen LogP) is 9.04. The van der Waals surface area contributed by atoms with Gasteiger partial charge in [0.05, 0.1) is 11.0 Å². The lowest BCUT2D eigenvalue weighted by molar-refractivity contribution is 0.483. The van der Waals surface area contributed by atoms with E-state index in [0.29, 0.717) is 0 Å². The topological polar surface area (TPSA) is 61.2 Å². The summed E-state index contributed by atoms with van der Waals surface area (Å²) in [4.78, 5) is 12.1. The zero-order valence-corrected chi connectivity index (χ0v) is 27.3. The number of imidazole rings is 1. The molecule has 0 spiro atoms. The molecule has 9 aromatic rings. The van der Waals surface area contributed by atoms with Crippen LogP contribution >= 0.6 is 0 Å². The predicted molar refractivity (Wildman–Crippen MR) is 199 cm³/mol. The van der Waals surface area contributed by atoms with Crippen molar-refractivity contribution in [3.05, 3.63) is 139 Å². The molecule has 4 aromatic heterocycles.